The van der Waals surface area contributed by atoms with Crippen molar-refractivity contribution in [2.75, 3.05) is 32.1 Å². The quantitative estimate of drug-likeness (QED) is 0.783. The van der Waals surface area contributed by atoms with Gasteiger partial charge in [0, 0.05) is 12.6 Å². The molecule has 1 aromatic rings. The lowest BCUT2D eigenvalue weighted by molar-refractivity contribution is -0.118. The van der Waals surface area contributed by atoms with Gasteiger partial charge in [0.05, 0.1) is 19.3 Å². The zero-order chi connectivity index (χ0) is 16.1. The van der Waals surface area contributed by atoms with Crippen LogP contribution in [0.2, 0.25) is 0 Å². The molecule has 6 nitrogen and oxygen atoms in total. The summed E-state index contributed by atoms with van der Waals surface area (Å²) in [5, 5.41) is 4.56. The van der Waals surface area contributed by atoms with E-state index in [2.05, 4.69) is 17.1 Å². The summed E-state index contributed by atoms with van der Waals surface area (Å²) in [6.45, 7) is 3.91. The Morgan fingerprint density at radius 2 is 2.26 bits per heavy atom. The van der Waals surface area contributed by atoms with Crippen LogP contribution in [0, 0.1) is 5.92 Å². The molecule has 1 aromatic heterocycles. The molecule has 2 heterocycles. The molecule has 23 heavy (non-hydrogen) atoms. The molecule has 1 aliphatic heterocycles. The van der Waals surface area contributed by atoms with Gasteiger partial charge in [-0.25, -0.2) is 4.79 Å². The van der Waals surface area contributed by atoms with E-state index in [0.29, 0.717) is 29.6 Å². The van der Waals surface area contributed by atoms with Gasteiger partial charge < -0.3 is 15.8 Å². The molecule has 0 aliphatic carbocycles. The number of nitrogens with two attached hydrogens (primary N) is 1. The first-order valence-corrected chi connectivity index (χ1v) is 8.34. The molecule has 1 saturated heterocycles. The molecule has 0 spiro atoms. The number of halogens is 1. The number of thiophene rings is 1. The fraction of sp³-hybridized carbons (Fsp3) is 0.600. The van der Waals surface area contributed by atoms with E-state index in [-0.39, 0.29) is 24.4 Å². The number of methoxy groups -OCH3 is 1. The lowest BCUT2D eigenvalue weighted by Crippen LogP contribution is -2.51. The summed E-state index contributed by atoms with van der Waals surface area (Å²) in [5.74, 6) is -0.0637. The zero-order valence-electron chi connectivity index (χ0n) is 13.4. The molecule has 0 aromatic carbocycles. The van der Waals surface area contributed by atoms with Crippen LogP contribution in [-0.4, -0.2) is 49.6 Å². The van der Waals surface area contributed by atoms with Crippen LogP contribution in [0.15, 0.2) is 11.4 Å². The summed E-state index contributed by atoms with van der Waals surface area (Å²) in [7, 11) is 1.33. The van der Waals surface area contributed by atoms with Crippen LogP contribution < -0.4 is 11.1 Å². The average Bonchev–Trinajstić information content (AvgIpc) is 2.94. The molecule has 1 fully saturated rings. The third kappa shape index (κ3) is 4.91. The Morgan fingerprint density at radius 3 is 2.91 bits per heavy atom. The van der Waals surface area contributed by atoms with Crippen LogP contribution in [-0.2, 0) is 9.53 Å². The van der Waals surface area contributed by atoms with Crippen molar-refractivity contribution in [3.8, 4) is 0 Å². The van der Waals surface area contributed by atoms with E-state index in [0.717, 1.165) is 19.4 Å². The first kappa shape index (κ1) is 19.9. The van der Waals surface area contributed by atoms with Crippen LogP contribution in [0.1, 0.15) is 29.4 Å². The van der Waals surface area contributed by atoms with Gasteiger partial charge in [-0.3, -0.25) is 9.69 Å². The maximum Gasteiger partial charge on any atom is 0.350 e. The number of likely N-dealkylation sites (tertiary alicyclic amines) is 1. The van der Waals surface area contributed by atoms with E-state index in [1.165, 1.54) is 18.4 Å². The number of rotatable bonds is 5. The van der Waals surface area contributed by atoms with Crippen LogP contribution >= 0.6 is 23.7 Å². The summed E-state index contributed by atoms with van der Waals surface area (Å²) in [6.07, 6.45) is 2.23. The van der Waals surface area contributed by atoms with Gasteiger partial charge in [-0.2, -0.15) is 0 Å². The smallest absolute Gasteiger partial charge is 0.350 e. The fourth-order valence-corrected chi connectivity index (χ4v) is 3.71. The predicted octanol–water partition coefficient (Wildman–Crippen LogP) is 1.95. The molecule has 0 saturated carbocycles. The number of piperidine rings is 1. The van der Waals surface area contributed by atoms with Crippen molar-refractivity contribution in [3.05, 3.63) is 16.3 Å². The Balaban J connectivity index is 0.00000264. The Labute approximate surface area is 146 Å². The molecule has 1 amide bonds. The third-order valence-electron chi connectivity index (χ3n) is 4.13. The number of esters is 1. The molecule has 130 valence electrons. The Kier molecular flexibility index (Phi) is 7.98. The molecule has 2 rings (SSSR count). The van der Waals surface area contributed by atoms with Gasteiger partial charge in [0.15, 0.2) is 0 Å². The summed E-state index contributed by atoms with van der Waals surface area (Å²) < 4.78 is 4.71. The van der Waals surface area contributed by atoms with Crippen molar-refractivity contribution >= 4 is 41.3 Å². The monoisotopic (exact) mass is 361 g/mol. The lowest BCUT2D eigenvalue weighted by Gasteiger charge is -2.38. The first-order chi connectivity index (χ1) is 10.6. The van der Waals surface area contributed by atoms with Crippen molar-refractivity contribution in [3.63, 3.8) is 0 Å². The highest BCUT2D eigenvalue weighted by Gasteiger charge is 2.28. The molecule has 0 radical (unpaired) electrons. The van der Waals surface area contributed by atoms with Crippen LogP contribution in [0.3, 0.4) is 0 Å². The summed E-state index contributed by atoms with van der Waals surface area (Å²) in [4.78, 5) is 26.4. The van der Waals surface area contributed by atoms with Gasteiger partial charge in [-0.1, -0.05) is 6.92 Å². The van der Waals surface area contributed by atoms with E-state index >= 15 is 0 Å². The predicted molar refractivity (Wildman–Crippen MR) is 94.3 cm³/mol. The second-order valence-electron chi connectivity index (χ2n) is 5.60. The lowest BCUT2D eigenvalue weighted by atomic mass is 9.91. The molecule has 1 aliphatic rings. The van der Waals surface area contributed by atoms with Gasteiger partial charge in [0.2, 0.25) is 5.91 Å². The summed E-state index contributed by atoms with van der Waals surface area (Å²) in [5.41, 5.74) is 6.36. The minimum atomic E-state index is -0.434. The van der Waals surface area contributed by atoms with Crippen molar-refractivity contribution in [1.82, 2.24) is 4.90 Å². The Bertz CT molecular complexity index is 538. The van der Waals surface area contributed by atoms with E-state index in [4.69, 9.17) is 10.5 Å². The summed E-state index contributed by atoms with van der Waals surface area (Å²) >= 11 is 1.25. The fourth-order valence-electron chi connectivity index (χ4n) is 2.94. The standard InChI is InChI=1S/C15H23N3O3S.ClH/c1-10-4-3-6-18(12(10)8-16)9-13(19)17-11-5-7-22-14(11)15(20)21-2;/h5,7,10,12H,3-4,6,8-9,16H2,1-2H3,(H,17,19);1H. The highest BCUT2D eigenvalue weighted by molar-refractivity contribution is 7.12. The molecule has 3 N–H and O–H groups in total. The second kappa shape index (κ2) is 9.22. The highest BCUT2D eigenvalue weighted by Crippen LogP contribution is 2.24. The molecule has 8 heteroatoms. The molecular formula is C15H24ClN3O3S. The number of hydrogen-bond donors (Lipinski definition) is 2. The maximum atomic E-state index is 12.3. The van der Waals surface area contributed by atoms with Crippen LogP contribution in [0.25, 0.3) is 0 Å². The first-order valence-electron chi connectivity index (χ1n) is 7.46. The van der Waals surface area contributed by atoms with Crippen LogP contribution in [0.5, 0.6) is 0 Å². The van der Waals surface area contributed by atoms with Gasteiger partial charge >= 0.3 is 5.97 Å². The van der Waals surface area contributed by atoms with Crippen molar-refractivity contribution < 1.29 is 14.3 Å². The second-order valence-corrected chi connectivity index (χ2v) is 6.51. The molecular weight excluding hydrogens is 338 g/mol. The number of amides is 1. The van der Waals surface area contributed by atoms with E-state index in [9.17, 15) is 9.59 Å². The van der Waals surface area contributed by atoms with Crippen molar-refractivity contribution in [2.45, 2.75) is 25.8 Å². The van der Waals surface area contributed by atoms with E-state index in [1.54, 1.807) is 11.4 Å². The number of ether oxygens (including phenoxy) is 1. The zero-order valence-corrected chi connectivity index (χ0v) is 15.0. The van der Waals surface area contributed by atoms with E-state index in [1.807, 2.05) is 0 Å². The highest BCUT2D eigenvalue weighted by atomic mass is 35.5. The van der Waals surface area contributed by atoms with E-state index < -0.39 is 5.97 Å². The van der Waals surface area contributed by atoms with Gasteiger partial charge in [0.25, 0.3) is 0 Å². The van der Waals surface area contributed by atoms with Gasteiger partial charge in [-0.15, -0.1) is 23.7 Å². The largest absolute Gasteiger partial charge is 0.465 e. The number of nitrogens with zero attached hydrogens (tertiary/aromatic N) is 1. The third-order valence-corrected chi connectivity index (χ3v) is 5.02. The molecule has 0 bridgehead atoms. The minimum Gasteiger partial charge on any atom is -0.465 e. The normalized spacial score (nSPS) is 21.3. The van der Waals surface area contributed by atoms with Gasteiger partial charge in [-0.05, 0) is 36.8 Å². The molecule has 2 unspecified atom stereocenters. The molecule has 2 atom stereocenters. The number of hydrogen-bond acceptors (Lipinski definition) is 6. The van der Waals surface area contributed by atoms with Crippen LogP contribution in [0.4, 0.5) is 5.69 Å². The number of carbonyl (C=O) groups is 2. The topological polar surface area (TPSA) is 84.7 Å². The average molecular weight is 362 g/mol. The SMILES string of the molecule is COC(=O)c1sccc1NC(=O)CN1CCCC(C)C1CN.Cl. The van der Waals surface area contributed by atoms with Gasteiger partial charge in [0.1, 0.15) is 4.88 Å². The minimum absolute atomic E-state index is 0. The number of nitrogens with one attached hydrogen (secondary N) is 1. The van der Waals surface area contributed by atoms with Crippen molar-refractivity contribution in [1.29, 1.82) is 0 Å². The summed E-state index contributed by atoms with van der Waals surface area (Å²) in [6, 6.07) is 1.95. The number of carbonyl (C=O) groups excluding carboxylic acids is 2. The Hall–Kier alpha value is -1.15. The maximum absolute atomic E-state index is 12.3. The Morgan fingerprint density at radius 1 is 1.52 bits per heavy atom. The number of anilines is 1. The van der Waals surface area contributed by atoms with Crippen molar-refractivity contribution in [2.24, 2.45) is 11.7 Å².